The maximum atomic E-state index is 13.1. The van der Waals surface area contributed by atoms with Crippen molar-refractivity contribution in [2.45, 2.75) is 37.8 Å². The molecule has 2 atom stereocenters. The standard InChI is InChI=1S/C17H23FN2OS/c18-14-5-3-13(4-6-14)16(17(21)20-15-7-8-15)19-10-12-2-1-9-22-11-12/h3-6,12,15-16,19H,1-2,7-11H2,(H,20,21). The first kappa shape index (κ1) is 15.8. The van der Waals surface area contributed by atoms with Gasteiger partial charge in [0.1, 0.15) is 11.9 Å². The normalized spacial score (nSPS) is 23.0. The molecule has 1 aromatic carbocycles. The van der Waals surface area contributed by atoms with Gasteiger partial charge in [-0.25, -0.2) is 4.39 Å². The summed E-state index contributed by atoms with van der Waals surface area (Å²) in [5, 5.41) is 6.46. The molecule has 3 rings (SSSR count). The van der Waals surface area contributed by atoms with Crippen LogP contribution in [-0.4, -0.2) is 30.0 Å². The number of nitrogens with one attached hydrogen (secondary N) is 2. The van der Waals surface area contributed by atoms with Crippen molar-refractivity contribution in [3.05, 3.63) is 35.6 Å². The summed E-state index contributed by atoms with van der Waals surface area (Å²) in [5.74, 6) is 2.77. The summed E-state index contributed by atoms with van der Waals surface area (Å²) >= 11 is 1.99. The third-order valence-electron chi connectivity index (χ3n) is 4.25. The van der Waals surface area contributed by atoms with Crippen LogP contribution >= 0.6 is 11.8 Å². The lowest BCUT2D eigenvalue weighted by molar-refractivity contribution is -0.123. The fourth-order valence-electron chi connectivity index (χ4n) is 2.78. The Hall–Kier alpha value is -1.07. The quantitative estimate of drug-likeness (QED) is 0.846. The van der Waals surface area contributed by atoms with Crippen LogP contribution in [0.5, 0.6) is 0 Å². The minimum Gasteiger partial charge on any atom is -0.352 e. The lowest BCUT2D eigenvalue weighted by Gasteiger charge is -2.25. The molecule has 1 aliphatic heterocycles. The average Bonchev–Trinajstić information content (AvgIpc) is 3.34. The molecule has 2 N–H and O–H groups in total. The van der Waals surface area contributed by atoms with Gasteiger partial charge in [0.2, 0.25) is 5.91 Å². The Kier molecular flexibility index (Phi) is 5.37. The summed E-state index contributed by atoms with van der Waals surface area (Å²) in [6.07, 6.45) is 4.62. The van der Waals surface area contributed by atoms with E-state index in [4.69, 9.17) is 0 Å². The SMILES string of the molecule is O=C(NC1CC1)C(NCC1CCCSC1)c1ccc(F)cc1. The first-order chi connectivity index (χ1) is 10.7. The van der Waals surface area contributed by atoms with E-state index in [1.807, 2.05) is 11.8 Å². The molecule has 2 unspecified atom stereocenters. The number of benzene rings is 1. The van der Waals surface area contributed by atoms with E-state index in [0.29, 0.717) is 12.0 Å². The minimum absolute atomic E-state index is 0.0116. The molecule has 0 radical (unpaired) electrons. The summed E-state index contributed by atoms with van der Waals surface area (Å²) in [4.78, 5) is 12.5. The minimum atomic E-state index is -0.381. The van der Waals surface area contributed by atoms with Gasteiger partial charge in [0, 0.05) is 6.04 Å². The second kappa shape index (κ2) is 7.47. The van der Waals surface area contributed by atoms with Gasteiger partial charge >= 0.3 is 0 Å². The zero-order valence-electron chi connectivity index (χ0n) is 12.7. The largest absolute Gasteiger partial charge is 0.352 e. The molecule has 0 aromatic heterocycles. The first-order valence-electron chi connectivity index (χ1n) is 8.09. The van der Waals surface area contributed by atoms with E-state index in [1.165, 1.54) is 30.7 Å². The average molecular weight is 322 g/mol. The van der Waals surface area contributed by atoms with Gasteiger partial charge in [-0.2, -0.15) is 11.8 Å². The van der Waals surface area contributed by atoms with Gasteiger partial charge in [-0.15, -0.1) is 0 Å². The van der Waals surface area contributed by atoms with Gasteiger partial charge in [-0.05, 0) is 67.3 Å². The third kappa shape index (κ3) is 4.46. The number of rotatable bonds is 6. The predicted molar refractivity (Wildman–Crippen MR) is 88.4 cm³/mol. The second-order valence-corrected chi connectivity index (χ2v) is 7.41. The maximum absolute atomic E-state index is 13.1. The summed E-state index contributed by atoms with van der Waals surface area (Å²) in [5.41, 5.74) is 0.836. The Bertz CT molecular complexity index is 498. The van der Waals surface area contributed by atoms with Crippen molar-refractivity contribution in [2.24, 2.45) is 5.92 Å². The molecule has 0 bridgehead atoms. The van der Waals surface area contributed by atoms with Gasteiger partial charge in [0.15, 0.2) is 0 Å². The van der Waals surface area contributed by atoms with Crippen LogP contribution in [-0.2, 0) is 4.79 Å². The van der Waals surface area contributed by atoms with Gasteiger partial charge in [0.05, 0.1) is 0 Å². The van der Waals surface area contributed by atoms with Crippen molar-refractivity contribution in [2.75, 3.05) is 18.1 Å². The highest BCUT2D eigenvalue weighted by Crippen LogP contribution is 2.24. The van der Waals surface area contributed by atoms with Gasteiger partial charge in [-0.3, -0.25) is 4.79 Å². The molecule has 2 aliphatic rings. The smallest absolute Gasteiger partial charge is 0.241 e. The lowest BCUT2D eigenvalue weighted by Crippen LogP contribution is -2.41. The number of carbonyl (C=O) groups is 1. The van der Waals surface area contributed by atoms with Crippen molar-refractivity contribution in [3.8, 4) is 0 Å². The van der Waals surface area contributed by atoms with E-state index in [1.54, 1.807) is 12.1 Å². The number of amides is 1. The Morgan fingerprint density at radius 3 is 2.68 bits per heavy atom. The first-order valence-corrected chi connectivity index (χ1v) is 9.25. The molecule has 22 heavy (non-hydrogen) atoms. The Morgan fingerprint density at radius 1 is 1.27 bits per heavy atom. The van der Waals surface area contributed by atoms with Crippen LogP contribution in [0, 0.1) is 11.7 Å². The fraction of sp³-hybridized carbons (Fsp3) is 0.588. The fourth-order valence-corrected chi connectivity index (χ4v) is 3.94. The summed E-state index contributed by atoms with van der Waals surface area (Å²) in [6, 6.07) is 6.20. The van der Waals surface area contributed by atoms with E-state index < -0.39 is 0 Å². The van der Waals surface area contributed by atoms with Crippen molar-refractivity contribution in [1.29, 1.82) is 0 Å². The van der Waals surface area contributed by atoms with Crippen LogP contribution in [0.15, 0.2) is 24.3 Å². The van der Waals surface area contributed by atoms with E-state index in [0.717, 1.165) is 30.7 Å². The number of thioether (sulfide) groups is 1. The molecule has 3 nitrogen and oxygen atoms in total. The molecule has 120 valence electrons. The van der Waals surface area contributed by atoms with Crippen LogP contribution in [0.2, 0.25) is 0 Å². The topological polar surface area (TPSA) is 41.1 Å². The molecule has 1 heterocycles. The molecule has 1 amide bonds. The van der Waals surface area contributed by atoms with E-state index >= 15 is 0 Å². The molecule has 0 spiro atoms. The Labute approximate surface area is 135 Å². The van der Waals surface area contributed by atoms with E-state index in [-0.39, 0.29) is 17.8 Å². The van der Waals surface area contributed by atoms with Crippen molar-refractivity contribution in [1.82, 2.24) is 10.6 Å². The van der Waals surface area contributed by atoms with Crippen LogP contribution in [0.25, 0.3) is 0 Å². The summed E-state index contributed by atoms with van der Waals surface area (Å²) in [6.45, 7) is 0.840. The Balaban J connectivity index is 1.64. The van der Waals surface area contributed by atoms with Crippen molar-refractivity contribution in [3.63, 3.8) is 0 Å². The van der Waals surface area contributed by atoms with Gasteiger partial charge in [0.25, 0.3) is 0 Å². The Morgan fingerprint density at radius 2 is 2.05 bits per heavy atom. The predicted octanol–water partition coefficient (Wildman–Crippen LogP) is 2.88. The van der Waals surface area contributed by atoms with Crippen LogP contribution in [0.1, 0.15) is 37.3 Å². The maximum Gasteiger partial charge on any atom is 0.241 e. The second-order valence-electron chi connectivity index (χ2n) is 6.26. The highest BCUT2D eigenvalue weighted by atomic mass is 32.2. The zero-order chi connectivity index (χ0) is 15.4. The zero-order valence-corrected chi connectivity index (χ0v) is 13.5. The number of halogens is 1. The number of hydrogen-bond donors (Lipinski definition) is 2. The highest BCUT2D eigenvalue weighted by molar-refractivity contribution is 7.99. The molecular formula is C17H23FN2OS. The van der Waals surface area contributed by atoms with Gasteiger partial charge < -0.3 is 10.6 Å². The van der Waals surface area contributed by atoms with Gasteiger partial charge in [-0.1, -0.05) is 12.1 Å². The lowest BCUT2D eigenvalue weighted by atomic mass is 10.0. The molecule has 1 aromatic rings. The van der Waals surface area contributed by atoms with Crippen LogP contribution in [0.4, 0.5) is 4.39 Å². The third-order valence-corrected chi connectivity index (χ3v) is 5.54. The summed E-state index contributed by atoms with van der Waals surface area (Å²) < 4.78 is 13.1. The molecule has 2 fully saturated rings. The van der Waals surface area contributed by atoms with E-state index in [2.05, 4.69) is 10.6 Å². The van der Waals surface area contributed by atoms with E-state index in [9.17, 15) is 9.18 Å². The van der Waals surface area contributed by atoms with Crippen molar-refractivity contribution >= 4 is 17.7 Å². The molecule has 1 saturated heterocycles. The highest BCUT2D eigenvalue weighted by Gasteiger charge is 2.28. The molecule has 1 aliphatic carbocycles. The monoisotopic (exact) mass is 322 g/mol. The van der Waals surface area contributed by atoms with Crippen LogP contribution in [0.3, 0.4) is 0 Å². The number of carbonyl (C=O) groups excluding carboxylic acids is 1. The summed E-state index contributed by atoms with van der Waals surface area (Å²) in [7, 11) is 0. The van der Waals surface area contributed by atoms with Crippen molar-refractivity contribution < 1.29 is 9.18 Å². The number of hydrogen-bond acceptors (Lipinski definition) is 3. The molecule has 5 heteroatoms. The van der Waals surface area contributed by atoms with Crippen LogP contribution < -0.4 is 10.6 Å². The molecule has 1 saturated carbocycles. The molecular weight excluding hydrogens is 299 g/mol.